The quantitative estimate of drug-likeness (QED) is 0.528. The largest absolute Gasteiger partial charge is 0.439 e. The molecule has 9 heteroatoms. The smallest absolute Gasteiger partial charge is 0.243 e. The maximum atomic E-state index is 12.8. The van der Waals surface area contributed by atoms with Gasteiger partial charge in [-0.15, -0.1) is 0 Å². The number of hydrogen-bond donors (Lipinski definition) is 0. The van der Waals surface area contributed by atoms with Gasteiger partial charge in [0.05, 0.1) is 17.6 Å². The summed E-state index contributed by atoms with van der Waals surface area (Å²) in [7, 11) is -3.47. The Morgan fingerprint density at radius 2 is 1.66 bits per heavy atom. The molecule has 1 fully saturated rings. The summed E-state index contributed by atoms with van der Waals surface area (Å²) in [4.78, 5) is 6.81. The summed E-state index contributed by atoms with van der Waals surface area (Å²) in [5.74, 6) is 1.30. The van der Waals surface area contributed by atoms with Crippen LogP contribution in [0.15, 0.2) is 68.5 Å². The second kappa shape index (κ2) is 8.57. The second-order valence-corrected chi connectivity index (χ2v) is 10.0. The molecule has 0 spiro atoms. The maximum Gasteiger partial charge on any atom is 0.243 e. The highest BCUT2D eigenvalue weighted by Crippen LogP contribution is 2.24. The van der Waals surface area contributed by atoms with E-state index in [0.717, 1.165) is 10.0 Å². The zero-order valence-corrected chi connectivity index (χ0v) is 18.6. The molecule has 0 N–H and O–H groups in total. The molecule has 0 radical (unpaired) electrons. The van der Waals surface area contributed by atoms with Gasteiger partial charge in [0, 0.05) is 41.2 Å². The highest BCUT2D eigenvalue weighted by Gasteiger charge is 2.28. The molecule has 1 aliphatic heterocycles. The Labute approximate surface area is 183 Å². The number of benzene rings is 2. The molecule has 0 bridgehead atoms. The van der Waals surface area contributed by atoms with Crippen molar-refractivity contribution < 1.29 is 12.8 Å². The molecule has 0 saturated carbocycles. The molecule has 6 nitrogen and oxygen atoms in total. The summed E-state index contributed by atoms with van der Waals surface area (Å²) in [5.41, 5.74) is 0.915. The molecule has 1 aromatic heterocycles. The third-order valence-corrected chi connectivity index (χ3v) is 7.52. The summed E-state index contributed by atoms with van der Waals surface area (Å²) in [6, 6.07) is 14.1. The van der Waals surface area contributed by atoms with Crippen molar-refractivity contribution in [3.63, 3.8) is 0 Å². The predicted molar refractivity (Wildman–Crippen MR) is 115 cm³/mol. The Kier molecular flexibility index (Phi) is 6.08. The number of halogens is 2. The first-order valence-electron chi connectivity index (χ1n) is 9.10. The van der Waals surface area contributed by atoms with Gasteiger partial charge in [-0.1, -0.05) is 27.5 Å². The molecular formula is C20H19BrClN3O3S. The fourth-order valence-electron chi connectivity index (χ4n) is 3.21. The van der Waals surface area contributed by atoms with E-state index in [-0.39, 0.29) is 0 Å². The lowest BCUT2D eigenvalue weighted by Crippen LogP contribution is -2.48. The normalized spacial score (nSPS) is 16.2. The third kappa shape index (κ3) is 4.73. The summed E-state index contributed by atoms with van der Waals surface area (Å²) in [6.45, 7) is 2.65. The topological polar surface area (TPSA) is 66.7 Å². The minimum absolute atomic E-state index is 0.314. The van der Waals surface area contributed by atoms with Gasteiger partial charge in [-0.25, -0.2) is 13.4 Å². The van der Waals surface area contributed by atoms with Crippen molar-refractivity contribution in [3.8, 4) is 11.3 Å². The first-order valence-corrected chi connectivity index (χ1v) is 11.7. The summed E-state index contributed by atoms with van der Waals surface area (Å²) in [5, 5.41) is 0.671. The van der Waals surface area contributed by atoms with Crippen LogP contribution in [0, 0.1) is 0 Å². The van der Waals surface area contributed by atoms with Gasteiger partial charge in [0.1, 0.15) is 0 Å². The molecule has 3 aromatic rings. The number of aromatic nitrogens is 1. The average Bonchev–Trinajstić information content (AvgIpc) is 3.18. The molecule has 29 heavy (non-hydrogen) atoms. The van der Waals surface area contributed by atoms with Gasteiger partial charge >= 0.3 is 0 Å². The summed E-state index contributed by atoms with van der Waals surface area (Å²) in [6.07, 6.45) is 1.70. The molecule has 1 aliphatic rings. The van der Waals surface area contributed by atoms with Gasteiger partial charge in [0.2, 0.25) is 15.9 Å². The second-order valence-electron chi connectivity index (χ2n) is 6.76. The SMILES string of the molecule is O=S(=O)(c1ccc(Br)cc1)N1CCN(Cc2ncc(-c3ccc(Cl)cc3)o2)CC1. The number of piperazine rings is 1. The van der Waals surface area contributed by atoms with Crippen LogP contribution in [0.1, 0.15) is 5.89 Å². The van der Waals surface area contributed by atoms with Crippen molar-refractivity contribution in [2.45, 2.75) is 11.4 Å². The van der Waals surface area contributed by atoms with Crippen molar-refractivity contribution in [2.75, 3.05) is 26.2 Å². The monoisotopic (exact) mass is 495 g/mol. The minimum Gasteiger partial charge on any atom is -0.439 e. The lowest BCUT2D eigenvalue weighted by atomic mass is 10.2. The summed E-state index contributed by atoms with van der Waals surface area (Å²) < 4.78 is 33.8. The van der Waals surface area contributed by atoms with Crippen LogP contribution in [0.5, 0.6) is 0 Å². The molecular weight excluding hydrogens is 478 g/mol. The lowest BCUT2D eigenvalue weighted by Gasteiger charge is -2.33. The van der Waals surface area contributed by atoms with Crippen molar-refractivity contribution >= 4 is 37.6 Å². The predicted octanol–water partition coefficient (Wildman–Crippen LogP) is 4.26. The van der Waals surface area contributed by atoms with Gasteiger partial charge in [-0.2, -0.15) is 4.31 Å². The number of oxazole rings is 1. The number of hydrogen-bond acceptors (Lipinski definition) is 5. The van der Waals surface area contributed by atoms with Crippen LogP contribution in [0.4, 0.5) is 0 Å². The molecule has 4 rings (SSSR count). The maximum absolute atomic E-state index is 12.8. The van der Waals surface area contributed by atoms with E-state index in [4.69, 9.17) is 16.0 Å². The molecule has 0 unspecified atom stereocenters. The van der Waals surface area contributed by atoms with Gasteiger partial charge in [0.25, 0.3) is 0 Å². The van der Waals surface area contributed by atoms with Crippen LogP contribution in [0.25, 0.3) is 11.3 Å². The van der Waals surface area contributed by atoms with Crippen LogP contribution in [-0.4, -0.2) is 48.8 Å². The molecule has 0 amide bonds. The Bertz CT molecular complexity index is 1080. The zero-order valence-electron chi connectivity index (χ0n) is 15.5. The van der Waals surface area contributed by atoms with Crippen LogP contribution < -0.4 is 0 Å². The Morgan fingerprint density at radius 1 is 1.00 bits per heavy atom. The van der Waals surface area contributed by atoms with E-state index in [9.17, 15) is 8.42 Å². The molecule has 2 aromatic carbocycles. The number of rotatable bonds is 5. The lowest BCUT2D eigenvalue weighted by molar-refractivity contribution is 0.168. The van der Waals surface area contributed by atoms with E-state index in [1.165, 1.54) is 4.31 Å². The highest BCUT2D eigenvalue weighted by molar-refractivity contribution is 9.10. The molecule has 152 valence electrons. The van der Waals surface area contributed by atoms with Crippen LogP contribution in [0.2, 0.25) is 5.02 Å². The first-order chi connectivity index (χ1) is 13.9. The first kappa shape index (κ1) is 20.6. The van der Waals surface area contributed by atoms with Gasteiger partial charge in [-0.05, 0) is 48.5 Å². The fourth-order valence-corrected chi connectivity index (χ4v) is 5.02. The Morgan fingerprint density at radius 3 is 2.31 bits per heavy atom. The average molecular weight is 497 g/mol. The minimum atomic E-state index is -3.47. The van der Waals surface area contributed by atoms with E-state index in [0.29, 0.717) is 54.3 Å². The van der Waals surface area contributed by atoms with Crippen LogP contribution in [0.3, 0.4) is 0 Å². The van der Waals surface area contributed by atoms with Crippen LogP contribution in [-0.2, 0) is 16.6 Å². The number of nitrogens with zero attached hydrogens (tertiary/aromatic N) is 3. The van der Waals surface area contributed by atoms with Gasteiger partial charge in [0.15, 0.2) is 5.76 Å². The van der Waals surface area contributed by atoms with Gasteiger partial charge < -0.3 is 4.42 Å². The third-order valence-electron chi connectivity index (χ3n) is 4.82. The van der Waals surface area contributed by atoms with Crippen molar-refractivity contribution in [2.24, 2.45) is 0 Å². The molecule has 0 atom stereocenters. The van der Waals surface area contributed by atoms with Crippen molar-refractivity contribution in [3.05, 3.63) is 70.1 Å². The Hall–Kier alpha value is -1.71. The molecule has 2 heterocycles. The van der Waals surface area contributed by atoms with E-state index in [1.807, 2.05) is 24.3 Å². The van der Waals surface area contributed by atoms with Crippen LogP contribution >= 0.6 is 27.5 Å². The number of sulfonamides is 1. The van der Waals surface area contributed by atoms with E-state index in [2.05, 4.69) is 25.8 Å². The van der Waals surface area contributed by atoms with Crippen molar-refractivity contribution in [1.29, 1.82) is 0 Å². The fraction of sp³-hybridized carbons (Fsp3) is 0.250. The zero-order chi connectivity index (χ0) is 20.4. The van der Waals surface area contributed by atoms with Crippen molar-refractivity contribution in [1.82, 2.24) is 14.2 Å². The standard InChI is InChI=1S/C20H19BrClN3O3S/c21-16-3-7-18(8-4-16)29(26,27)25-11-9-24(10-12-25)14-20-23-13-19(28-20)15-1-5-17(22)6-2-15/h1-8,13H,9-12,14H2. The highest BCUT2D eigenvalue weighted by atomic mass is 79.9. The summed E-state index contributed by atoms with van der Waals surface area (Å²) >= 11 is 9.25. The molecule has 0 aliphatic carbocycles. The van der Waals surface area contributed by atoms with E-state index in [1.54, 1.807) is 30.5 Å². The van der Waals surface area contributed by atoms with Gasteiger partial charge in [-0.3, -0.25) is 4.90 Å². The van der Waals surface area contributed by atoms with E-state index >= 15 is 0 Å². The Balaban J connectivity index is 1.37. The van der Waals surface area contributed by atoms with E-state index < -0.39 is 10.0 Å². The molecule has 1 saturated heterocycles.